The molecule has 1 aliphatic rings. The average molecular weight is 444 g/mol. The highest BCUT2D eigenvalue weighted by molar-refractivity contribution is 5.79. The van der Waals surface area contributed by atoms with E-state index in [0.29, 0.717) is 13.1 Å². The van der Waals surface area contributed by atoms with E-state index in [1.807, 2.05) is 42.5 Å². The third-order valence-electron chi connectivity index (χ3n) is 6.08. The molecule has 4 aromatic rings. The zero-order valence-electron chi connectivity index (χ0n) is 18.2. The third-order valence-corrected chi connectivity index (χ3v) is 6.08. The van der Waals surface area contributed by atoms with Crippen molar-refractivity contribution in [1.29, 1.82) is 0 Å². The van der Waals surface area contributed by atoms with E-state index >= 15 is 0 Å². The van der Waals surface area contributed by atoms with Crippen molar-refractivity contribution >= 4 is 17.4 Å². The first-order valence-electron chi connectivity index (χ1n) is 11.1. The van der Waals surface area contributed by atoms with Gasteiger partial charge >= 0.3 is 0 Å². The van der Waals surface area contributed by atoms with Crippen LogP contribution in [0.2, 0.25) is 0 Å². The summed E-state index contributed by atoms with van der Waals surface area (Å²) in [5.41, 5.74) is 2.78. The molecule has 1 aliphatic heterocycles. The molecule has 1 saturated heterocycles. The van der Waals surface area contributed by atoms with Gasteiger partial charge in [-0.25, -0.2) is 0 Å². The third kappa shape index (κ3) is 4.77. The Morgan fingerprint density at radius 2 is 1.79 bits per heavy atom. The second kappa shape index (κ2) is 9.23. The standard InChI is InChI=1S/C24H25N7O2/c32-23-3-1-2-12-30(23)16-19-6-4-18(5-7-19)15-25-24(33)20-10-13-29(14-11-20)22-9-8-21-27-26-17-31(21)28-22/h1-9,12,17,20H,10-11,13-16H2,(H,25,33). The number of rotatable bonds is 6. The first-order chi connectivity index (χ1) is 16.2. The quantitative estimate of drug-likeness (QED) is 0.489. The van der Waals surface area contributed by atoms with Gasteiger partial charge in [-0.1, -0.05) is 30.3 Å². The fraction of sp³-hybridized carbons (Fsp3) is 0.292. The summed E-state index contributed by atoms with van der Waals surface area (Å²) in [6, 6.07) is 17.0. The molecule has 3 aromatic heterocycles. The number of amides is 1. The molecule has 4 heterocycles. The van der Waals surface area contributed by atoms with Gasteiger partial charge in [0.15, 0.2) is 5.65 Å². The van der Waals surface area contributed by atoms with E-state index < -0.39 is 0 Å². The van der Waals surface area contributed by atoms with E-state index in [-0.39, 0.29) is 17.4 Å². The van der Waals surface area contributed by atoms with Crippen LogP contribution in [-0.2, 0) is 17.9 Å². The van der Waals surface area contributed by atoms with E-state index in [2.05, 4.69) is 25.5 Å². The molecule has 33 heavy (non-hydrogen) atoms. The lowest BCUT2D eigenvalue weighted by Crippen LogP contribution is -2.40. The Balaban J connectivity index is 1.11. The monoisotopic (exact) mass is 443 g/mol. The van der Waals surface area contributed by atoms with Crippen molar-refractivity contribution in [3.05, 3.63) is 88.6 Å². The van der Waals surface area contributed by atoms with Crippen LogP contribution in [0.4, 0.5) is 5.82 Å². The van der Waals surface area contributed by atoms with E-state index in [0.717, 1.165) is 48.5 Å². The second-order valence-electron chi connectivity index (χ2n) is 8.29. The molecule has 0 saturated carbocycles. The number of aromatic nitrogens is 5. The molecule has 168 valence electrons. The number of pyridine rings is 1. The molecule has 0 atom stereocenters. The lowest BCUT2D eigenvalue weighted by atomic mass is 9.96. The maximum Gasteiger partial charge on any atom is 0.250 e. The van der Waals surface area contributed by atoms with Crippen molar-refractivity contribution in [3.63, 3.8) is 0 Å². The zero-order chi connectivity index (χ0) is 22.6. The normalized spacial score (nSPS) is 14.5. The summed E-state index contributed by atoms with van der Waals surface area (Å²) in [4.78, 5) is 26.8. The van der Waals surface area contributed by atoms with Gasteiger partial charge in [-0.15, -0.1) is 15.3 Å². The predicted molar refractivity (Wildman–Crippen MR) is 124 cm³/mol. The van der Waals surface area contributed by atoms with Crippen LogP contribution >= 0.6 is 0 Å². The number of nitrogens with zero attached hydrogens (tertiary/aromatic N) is 6. The SMILES string of the molecule is O=C(NCc1ccc(Cn2ccccc2=O)cc1)C1CCN(c2ccc3nncn3n2)CC1. The molecule has 9 nitrogen and oxygen atoms in total. The number of carbonyl (C=O) groups excluding carboxylic acids is 1. The lowest BCUT2D eigenvalue weighted by Gasteiger charge is -2.32. The minimum absolute atomic E-state index is 0.00382. The van der Waals surface area contributed by atoms with Gasteiger partial charge in [0, 0.05) is 37.8 Å². The average Bonchev–Trinajstić information content (AvgIpc) is 3.33. The summed E-state index contributed by atoms with van der Waals surface area (Å²) in [7, 11) is 0. The number of anilines is 1. The van der Waals surface area contributed by atoms with E-state index in [4.69, 9.17) is 0 Å². The lowest BCUT2D eigenvalue weighted by molar-refractivity contribution is -0.125. The number of hydrogen-bond acceptors (Lipinski definition) is 6. The molecular formula is C24H25N7O2. The Kier molecular flexibility index (Phi) is 5.84. The van der Waals surface area contributed by atoms with Gasteiger partial charge in [0.05, 0.1) is 6.54 Å². The molecule has 9 heteroatoms. The summed E-state index contributed by atoms with van der Waals surface area (Å²) in [6.07, 6.45) is 4.95. The van der Waals surface area contributed by atoms with Crippen molar-refractivity contribution < 1.29 is 4.79 Å². The summed E-state index contributed by atoms with van der Waals surface area (Å²) in [6.45, 7) is 2.60. The number of piperidine rings is 1. The topological polar surface area (TPSA) is 97.4 Å². The molecule has 5 rings (SSSR count). The van der Waals surface area contributed by atoms with Gasteiger partial charge in [0.25, 0.3) is 5.56 Å². The molecule has 1 amide bonds. The van der Waals surface area contributed by atoms with Crippen molar-refractivity contribution in [3.8, 4) is 0 Å². The first-order valence-corrected chi connectivity index (χ1v) is 11.1. The number of carbonyl (C=O) groups is 1. The van der Waals surface area contributed by atoms with Crippen LogP contribution in [0.5, 0.6) is 0 Å². The van der Waals surface area contributed by atoms with Crippen LogP contribution in [0.1, 0.15) is 24.0 Å². The van der Waals surface area contributed by atoms with Crippen molar-refractivity contribution in [2.24, 2.45) is 5.92 Å². The summed E-state index contributed by atoms with van der Waals surface area (Å²) in [5, 5.41) is 15.5. The maximum absolute atomic E-state index is 12.7. The Bertz CT molecular complexity index is 1300. The van der Waals surface area contributed by atoms with Gasteiger partial charge < -0.3 is 14.8 Å². The minimum Gasteiger partial charge on any atom is -0.355 e. The minimum atomic E-state index is -0.0186. The van der Waals surface area contributed by atoms with E-state index in [1.165, 1.54) is 0 Å². The van der Waals surface area contributed by atoms with Crippen LogP contribution in [0.3, 0.4) is 0 Å². The molecule has 0 unspecified atom stereocenters. The summed E-state index contributed by atoms with van der Waals surface area (Å²) >= 11 is 0. The molecule has 1 N–H and O–H groups in total. The maximum atomic E-state index is 12.7. The van der Waals surface area contributed by atoms with Crippen LogP contribution in [-0.4, -0.2) is 43.4 Å². The van der Waals surface area contributed by atoms with Crippen LogP contribution in [0, 0.1) is 5.92 Å². The Morgan fingerprint density at radius 3 is 2.58 bits per heavy atom. The highest BCUT2D eigenvalue weighted by Gasteiger charge is 2.25. The molecule has 0 spiro atoms. The molecule has 0 bridgehead atoms. The first kappa shape index (κ1) is 20.9. The number of hydrogen-bond donors (Lipinski definition) is 1. The number of fused-ring (bicyclic) bond motifs is 1. The number of benzene rings is 1. The molecule has 1 fully saturated rings. The van der Waals surface area contributed by atoms with Crippen molar-refractivity contribution in [1.82, 2.24) is 29.7 Å². The largest absolute Gasteiger partial charge is 0.355 e. The highest BCUT2D eigenvalue weighted by atomic mass is 16.2. The van der Waals surface area contributed by atoms with E-state index in [9.17, 15) is 9.59 Å². The Morgan fingerprint density at radius 1 is 1.00 bits per heavy atom. The smallest absolute Gasteiger partial charge is 0.250 e. The van der Waals surface area contributed by atoms with E-state index in [1.54, 1.807) is 33.7 Å². The fourth-order valence-corrected chi connectivity index (χ4v) is 4.14. The molecule has 0 radical (unpaired) electrons. The number of nitrogens with one attached hydrogen (secondary N) is 1. The summed E-state index contributed by atoms with van der Waals surface area (Å²) in [5.74, 6) is 0.972. The van der Waals surface area contributed by atoms with Crippen LogP contribution in [0.15, 0.2) is 71.9 Å². The molecule has 0 aliphatic carbocycles. The van der Waals surface area contributed by atoms with Gasteiger partial charge in [-0.2, -0.15) is 4.52 Å². The van der Waals surface area contributed by atoms with Crippen LogP contribution in [0.25, 0.3) is 5.65 Å². The predicted octanol–water partition coefficient (Wildman–Crippen LogP) is 1.87. The van der Waals surface area contributed by atoms with Gasteiger partial charge in [-0.3, -0.25) is 9.59 Å². The van der Waals surface area contributed by atoms with Gasteiger partial charge in [0.2, 0.25) is 5.91 Å². The summed E-state index contributed by atoms with van der Waals surface area (Å²) < 4.78 is 3.33. The molecule has 1 aromatic carbocycles. The van der Waals surface area contributed by atoms with Crippen molar-refractivity contribution in [2.75, 3.05) is 18.0 Å². The van der Waals surface area contributed by atoms with Crippen molar-refractivity contribution in [2.45, 2.75) is 25.9 Å². The van der Waals surface area contributed by atoms with Gasteiger partial charge in [0.1, 0.15) is 12.1 Å². The van der Waals surface area contributed by atoms with Crippen LogP contribution < -0.4 is 15.8 Å². The second-order valence-corrected chi connectivity index (χ2v) is 8.29. The Hall–Kier alpha value is -4.01. The fourth-order valence-electron chi connectivity index (χ4n) is 4.14. The highest BCUT2D eigenvalue weighted by Crippen LogP contribution is 2.22. The molecular weight excluding hydrogens is 418 g/mol. The zero-order valence-corrected chi connectivity index (χ0v) is 18.2. The van der Waals surface area contributed by atoms with Gasteiger partial charge in [-0.05, 0) is 42.2 Å². The Labute approximate surface area is 190 Å².